The maximum absolute atomic E-state index is 13.8. The van der Waals surface area contributed by atoms with Crippen LogP contribution in [0.4, 0.5) is 5.69 Å². The Balaban J connectivity index is 2.01. The van der Waals surface area contributed by atoms with Gasteiger partial charge < -0.3 is 10.2 Å². The Morgan fingerprint density at radius 1 is 0.865 bits per heavy atom. The van der Waals surface area contributed by atoms with Crippen LogP contribution in [0.1, 0.15) is 26.3 Å². The number of hydrogen-bond acceptors (Lipinski definition) is 4. The molecule has 3 aromatic rings. The van der Waals surface area contributed by atoms with Gasteiger partial charge in [-0.3, -0.25) is 13.9 Å². The summed E-state index contributed by atoms with van der Waals surface area (Å²) in [7, 11) is -4.14. The summed E-state index contributed by atoms with van der Waals surface area (Å²) in [5.74, 6) is -0.921. The van der Waals surface area contributed by atoms with E-state index in [1.165, 1.54) is 29.2 Å². The quantitative estimate of drug-likeness (QED) is 0.371. The number of benzene rings is 3. The zero-order valence-electron chi connectivity index (χ0n) is 20.8. The van der Waals surface area contributed by atoms with Gasteiger partial charge >= 0.3 is 0 Å². The normalized spacial score (nSPS) is 12.2. The SMILES string of the molecule is CC(C)NC(=O)[C@H](C)N(Cc1ccccc1Cl)C(=O)CN(c1ccccc1)S(=O)(=O)c1ccc(Cl)cc1. The Bertz CT molecular complexity index is 1330. The van der Waals surface area contributed by atoms with E-state index in [-0.39, 0.29) is 23.4 Å². The summed E-state index contributed by atoms with van der Waals surface area (Å²) in [4.78, 5) is 28.0. The first-order valence-corrected chi connectivity index (χ1v) is 13.9. The topological polar surface area (TPSA) is 86.8 Å². The highest BCUT2D eigenvalue weighted by Gasteiger charge is 2.32. The number of nitrogens with zero attached hydrogens (tertiary/aromatic N) is 2. The van der Waals surface area contributed by atoms with Crippen molar-refractivity contribution < 1.29 is 18.0 Å². The summed E-state index contributed by atoms with van der Waals surface area (Å²) in [5, 5.41) is 3.64. The van der Waals surface area contributed by atoms with Crippen molar-refractivity contribution in [1.29, 1.82) is 0 Å². The van der Waals surface area contributed by atoms with Crippen LogP contribution in [0.25, 0.3) is 0 Å². The lowest BCUT2D eigenvalue weighted by atomic mass is 10.1. The van der Waals surface area contributed by atoms with Crippen molar-refractivity contribution in [2.24, 2.45) is 0 Å². The van der Waals surface area contributed by atoms with E-state index >= 15 is 0 Å². The lowest BCUT2D eigenvalue weighted by Crippen LogP contribution is -2.52. The van der Waals surface area contributed by atoms with E-state index in [0.717, 1.165) is 4.31 Å². The summed E-state index contributed by atoms with van der Waals surface area (Å²) in [5.41, 5.74) is 0.941. The molecule has 0 bridgehead atoms. The Labute approximate surface area is 228 Å². The van der Waals surface area contributed by atoms with Crippen LogP contribution in [-0.2, 0) is 26.2 Å². The number of carbonyl (C=O) groups excluding carboxylic acids is 2. The van der Waals surface area contributed by atoms with Crippen LogP contribution in [-0.4, -0.2) is 43.8 Å². The fourth-order valence-electron chi connectivity index (χ4n) is 3.65. The maximum Gasteiger partial charge on any atom is 0.264 e. The van der Waals surface area contributed by atoms with Crippen LogP contribution in [0, 0.1) is 0 Å². The molecule has 1 N–H and O–H groups in total. The molecule has 3 rings (SSSR count). The van der Waals surface area contributed by atoms with Gasteiger partial charge in [-0.15, -0.1) is 0 Å². The number of carbonyl (C=O) groups is 2. The first-order valence-electron chi connectivity index (χ1n) is 11.7. The highest BCUT2D eigenvalue weighted by Crippen LogP contribution is 2.26. The molecule has 3 aromatic carbocycles. The first kappa shape index (κ1) is 28.5. The summed E-state index contributed by atoms with van der Waals surface area (Å²) >= 11 is 12.3. The van der Waals surface area contributed by atoms with Gasteiger partial charge in [0, 0.05) is 22.6 Å². The van der Waals surface area contributed by atoms with Gasteiger partial charge in [0.25, 0.3) is 10.0 Å². The minimum Gasteiger partial charge on any atom is -0.352 e. The molecule has 196 valence electrons. The van der Waals surface area contributed by atoms with E-state index in [1.807, 2.05) is 13.8 Å². The third-order valence-corrected chi connectivity index (χ3v) is 8.03. The van der Waals surface area contributed by atoms with E-state index in [9.17, 15) is 18.0 Å². The Hall–Kier alpha value is -3.07. The molecule has 0 aliphatic carbocycles. The zero-order chi connectivity index (χ0) is 27.2. The zero-order valence-corrected chi connectivity index (χ0v) is 23.1. The number of nitrogens with one attached hydrogen (secondary N) is 1. The van der Waals surface area contributed by atoms with Gasteiger partial charge in [-0.1, -0.05) is 59.6 Å². The standard InChI is InChI=1S/C27H29Cl2N3O4S/c1-19(2)30-27(34)20(3)31(17-21-9-7-8-12-25(21)29)26(33)18-32(23-10-5-4-6-11-23)37(35,36)24-15-13-22(28)14-16-24/h4-16,19-20H,17-18H2,1-3H3,(H,30,34)/t20-/m0/s1. The van der Waals surface area contributed by atoms with Crippen molar-refractivity contribution in [3.63, 3.8) is 0 Å². The third-order valence-electron chi connectivity index (χ3n) is 5.62. The molecule has 0 aliphatic heterocycles. The van der Waals surface area contributed by atoms with Crippen molar-refractivity contribution in [1.82, 2.24) is 10.2 Å². The number of rotatable bonds is 10. The second kappa shape index (κ2) is 12.4. The third kappa shape index (κ3) is 7.25. The minimum atomic E-state index is -4.14. The molecule has 0 fully saturated rings. The van der Waals surface area contributed by atoms with Gasteiger partial charge in [0.15, 0.2) is 0 Å². The lowest BCUT2D eigenvalue weighted by molar-refractivity contribution is -0.139. The van der Waals surface area contributed by atoms with Crippen LogP contribution in [0.5, 0.6) is 0 Å². The van der Waals surface area contributed by atoms with Gasteiger partial charge in [0.1, 0.15) is 12.6 Å². The van der Waals surface area contributed by atoms with Crippen molar-refractivity contribution in [3.05, 3.63) is 94.5 Å². The van der Waals surface area contributed by atoms with Crippen molar-refractivity contribution in [2.45, 2.75) is 44.3 Å². The molecule has 0 saturated carbocycles. The highest BCUT2D eigenvalue weighted by atomic mass is 35.5. The fourth-order valence-corrected chi connectivity index (χ4v) is 5.39. The summed E-state index contributed by atoms with van der Waals surface area (Å²) in [6.07, 6.45) is 0. The van der Waals surface area contributed by atoms with Crippen molar-refractivity contribution in [2.75, 3.05) is 10.8 Å². The largest absolute Gasteiger partial charge is 0.352 e. The number of sulfonamides is 1. The van der Waals surface area contributed by atoms with E-state index in [1.54, 1.807) is 61.5 Å². The maximum atomic E-state index is 13.8. The van der Waals surface area contributed by atoms with Gasteiger partial charge in [-0.2, -0.15) is 0 Å². The monoisotopic (exact) mass is 561 g/mol. The predicted molar refractivity (Wildman–Crippen MR) is 147 cm³/mol. The minimum absolute atomic E-state index is 0.0168. The molecule has 0 unspecified atom stereocenters. The summed E-state index contributed by atoms with van der Waals surface area (Å²) < 4.78 is 28.4. The second-order valence-corrected chi connectivity index (χ2v) is 11.5. The highest BCUT2D eigenvalue weighted by molar-refractivity contribution is 7.92. The Morgan fingerprint density at radius 3 is 2.05 bits per heavy atom. The van der Waals surface area contributed by atoms with E-state index in [4.69, 9.17) is 23.2 Å². The number of anilines is 1. The first-order chi connectivity index (χ1) is 17.5. The number of para-hydroxylation sites is 1. The molecule has 7 nitrogen and oxygen atoms in total. The molecule has 2 amide bonds. The Morgan fingerprint density at radius 2 is 1.46 bits per heavy atom. The molecule has 0 heterocycles. The second-order valence-electron chi connectivity index (χ2n) is 8.75. The Kier molecular flexibility index (Phi) is 9.59. The molecular formula is C27H29Cl2N3O4S. The molecule has 0 aromatic heterocycles. The molecule has 0 radical (unpaired) electrons. The molecule has 0 aliphatic rings. The lowest BCUT2D eigenvalue weighted by Gasteiger charge is -2.32. The molecule has 10 heteroatoms. The average molecular weight is 563 g/mol. The predicted octanol–water partition coefficient (Wildman–Crippen LogP) is 5.13. The van der Waals surface area contributed by atoms with Crippen LogP contribution >= 0.6 is 23.2 Å². The molecule has 0 spiro atoms. The van der Waals surface area contributed by atoms with E-state index < -0.39 is 28.5 Å². The van der Waals surface area contributed by atoms with E-state index in [0.29, 0.717) is 21.3 Å². The van der Waals surface area contributed by atoms with Gasteiger partial charge in [-0.25, -0.2) is 8.42 Å². The van der Waals surface area contributed by atoms with E-state index in [2.05, 4.69) is 5.32 Å². The molecule has 37 heavy (non-hydrogen) atoms. The molecular weight excluding hydrogens is 533 g/mol. The average Bonchev–Trinajstić information content (AvgIpc) is 2.86. The van der Waals surface area contributed by atoms with Gasteiger partial charge in [0.2, 0.25) is 11.8 Å². The van der Waals surface area contributed by atoms with Gasteiger partial charge in [0.05, 0.1) is 10.6 Å². The van der Waals surface area contributed by atoms with Crippen molar-refractivity contribution in [3.8, 4) is 0 Å². The number of amides is 2. The van der Waals surface area contributed by atoms with Crippen LogP contribution in [0.3, 0.4) is 0 Å². The smallest absolute Gasteiger partial charge is 0.264 e. The van der Waals surface area contributed by atoms with Gasteiger partial charge in [-0.05, 0) is 68.8 Å². The number of halogens is 2. The summed E-state index contributed by atoms with van der Waals surface area (Å²) in [6.45, 7) is 4.74. The van der Waals surface area contributed by atoms with Crippen LogP contribution < -0.4 is 9.62 Å². The van der Waals surface area contributed by atoms with Crippen LogP contribution in [0.2, 0.25) is 10.0 Å². The van der Waals surface area contributed by atoms with Crippen molar-refractivity contribution >= 4 is 50.7 Å². The molecule has 0 saturated heterocycles. The number of hydrogen-bond donors (Lipinski definition) is 1. The van der Waals surface area contributed by atoms with Crippen LogP contribution in [0.15, 0.2) is 83.8 Å². The molecule has 1 atom stereocenters. The summed E-state index contributed by atoms with van der Waals surface area (Å²) in [6, 6.07) is 20.0. The fraction of sp³-hybridized carbons (Fsp3) is 0.259.